The molecule has 4 N–H and O–H groups in total. The van der Waals surface area contributed by atoms with Gasteiger partial charge in [-0.05, 0) is 12.8 Å². The molecule has 0 bridgehead atoms. The molecule has 0 aromatic rings. The number of carboxylic acids is 1. The van der Waals surface area contributed by atoms with Crippen molar-refractivity contribution in [3.63, 3.8) is 0 Å². The first kappa shape index (κ1) is 20.8. The van der Waals surface area contributed by atoms with E-state index < -0.39 is 12.1 Å². The summed E-state index contributed by atoms with van der Waals surface area (Å²) in [5.74, 6) is -1.22. The number of hydrogen-bond donors (Lipinski definition) is 4. The van der Waals surface area contributed by atoms with Gasteiger partial charge in [-0.25, -0.2) is 4.79 Å². The highest BCUT2D eigenvalue weighted by atomic mass is 16.4. The van der Waals surface area contributed by atoms with Crippen LogP contribution < -0.4 is 0 Å². The molecule has 7 nitrogen and oxygen atoms in total. The summed E-state index contributed by atoms with van der Waals surface area (Å²) in [6.07, 6.45) is 4.61. The van der Waals surface area contributed by atoms with E-state index >= 15 is 0 Å². The second-order valence-corrected chi connectivity index (χ2v) is 5.34. The van der Waals surface area contributed by atoms with E-state index in [2.05, 4.69) is 0 Å². The smallest absolute Gasteiger partial charge is 0.332 e. The Morgan fingerprint density at radius 3 is 1.86 bits per heavy atom. The van der Waals surface area contributed by atoms with Crippen LogP contribution in [0.15, 0.2) is 0 Å². The van der Waals surface area contributed by atoms with Crippen LogP contribution >= 0.6 is 0 Å². The second kappa shape index (κ2) is 13.5. The van der Waals surface area contributed by atoms with Crippen LogP contribution in [-0.2, 0) is 9.59 Å². The summed E-state index contributed by atoms with van der Waals surface area (Å²) in [5, 5.41) is 35.3. The van der Waals surface area contributed by atoms with Gasteiger partial charge in [-0.1, -0.05) is 32.1 Å². The number of aliphatic hydroxyl groups excluding tert-OH is 3. The number of nitrogens with zero attached hydrogens (tertiary/aromatic N) is 1. The zero-order chi connectivity index (χ0) is 16.8. The molecule has 1 atom stereocenters. The van der Waals surface area contributed by atoms with Gasteiger partial charge in [0.25, 0.3) is 0 Å². The predicted octanol–water partition coefficient (Wildman–Crippen LogP) is 0.366. The number of aliphatic hydroxyl groups is 3. The predicted molar refractivity (Wildman–Crippen MR) is 81.3 cm³/mol. The number of hydrogen-bond acceptors (Lipinski definition) is 5. The monoisotopic (exact) mass is 319 g/mol. The van der Waals surface area contributed by atoms with Crippen LogP contribution in [0.5, 0.6) is 0 Å². The lowest BCUT2D eigenvalue weighted by atomic mass is 10.1. The molecule has 0 spiro atoms. The zero-order valence-corrected chi connectivity index (χ0v) is 13.1. The molecule has 1 amide bonds. The van der Waals surface area contributed by atoms with Gasteiger partial charge in [0.15, 0.2) is 6.10 Å². The largest absolute Gasteiger partial charge is 0.479 e. The van der Waals surface area contributed by atoms with Crippen molar-refractivity contribution in [3.05, 3.63) is 0 Å². The summed E-state index contributed by atoms with van der Waals surface area (Å²) in [4.78, 5) is 23.7. The minimum Gasteiger partial charge on any atom is -0.479 e. The van der Waals surface area contributed by atoms with Gasteiger partial charge in [0, 0.05) is 19.5 Å². The van der Waals surface area contributed by atoms with Crippen molar-refractivity contribution in [2.75, 3.05) is 26.3 Å². The van der Waals surface area contributed by atoms with Crippen LogP contribution in [-0.4, -0.2) is 69.6 Å². The van der Waals surface area contributed by atoms with Crippen LogP contribution in [0.3, 0.4) is 0 Å². The third kappa shape index (κ3) is 10.5. The van der Waals surface area contributed by atoms with E-state index in [0.29, 0.717) is 12.8 Å². The Bertz CT molecular complexity index is 304. The van der Waals surface area contributed by atoms with Crippen LogP contribution in [0.25, 0.3) is 0 Å². The maximum absolute atomic E-state index is 11.8. The first-order valence-corrected chi connectivity index (χ1v) is 7.93. The fourth-order valence-electron chi connectivity index (χ4n) is 2.21. The van der Waals surface area contributed by atoms with E-state index in [4.69, 9.17) is 20.4 Å². The highest BCUT2D eigenvalue weighted by Crippen LogP contribution is 2.11. The summed E-state index contributed by atoms with van der Waals surface area (Å²) < 4.78 is 0. The molecular formula is C15H29NO6. The van der Waals surface area contributed by atoms with Crippen LogP contribution in [0.2, 0.25) is 0 Å². The molecule has 0 saturated heterocycles. The number of unbranched alkanes of at least 4 members (excludes halogenated alkanes) is 5. The molecule has 0 saturated carbocycles. The van der Waals surface area contributed by atoms with Gasteiger partial charge in [-0.2, -0.15) is 0 Å². The van der Waals surface area contributed by atoms with Gasteiger partial charge in [-0.3, -0.25) is 4.79 Å². The van der Waals surface area contributed by atoms with Crippen molar-refractivity contribution in [2.45, 2.75) is 57.5 Å². The van der Waals surface area contributed by atoms with Crippen LogP contribution in [0.1, 0.15) is 51.4 Å². The fraction of sp³-hybridized carbons (Fsp3) is 0.867. The van der Waals surface area contributed by atoms with Gasteiger partial charge in [-0.15, -0.1) is 0 Å². The Balaban J connectivity index is 3.55. The van der Waals surface area contributed by atoms with Crippen LogP contribution in [0, 0.1) is 0 Å². The highest BCUT2D eigenvalue weighted by molar-refractivity contribution is 5.76. The number of aliphatic carboxylic acids is 1. The average Bonchev–Trinajstić information content (AvgIpc) is 2.49. The Morgan fingerprint density at radius 1 is 0.864 bits per heavy atom. The molecule has 0 aliphatic rings. The van der Waals surface area contributed by atoms with Gasteiger partial charge in [0.2, 0.25) is 5.91 Å². The third-order valence-electron chi connectivity index (χ3n) is 3.50. The number of carbonyl (C=O) groups excluding carboxylic acids is 1. The maximum Gasteiger partial charge on any atom is 0.332 e. The summed E-state index contributed by atoms with van der Waals surface area (Å²) >= 11 is 0. The molecule has 0 rings (SSSR count). The van der Waals surface area contributed by atoms with E-state index in [1.54, 1.807) is 0 Å². The lowest BCUT2D eigenvalue weighted by Crippen LogP contribution is -2.35. The van der Waals surface area contributed by atoms with E-state index in [9.17, 15) is 9.59 Å². The Hall–Kier alpha value is -1.18. The van der Waals surface area contributed by atoms with Gasteiger partial charge in [0.05, 0.1) is 13.2 Å². The molecular weight excluding hydrogens is 290 g/mol. The van der Waals surface area contributed by atoms with Crippen LogP contribution in [0.4, 0.5) is 0 Å². The third-order valence-corrected chi connectivity index (χ3v) is 3.50. The molecule has 0 aromatic carbocycles. The first-order chi connectivity index (χ1) is 10.5. The quantitative estimate of drug-likeness (QED) is 0.343. The number of rotatable bonds is 14. The van der Waals surface area contributed by atoms with Crippen molar-refractivity contribution in [2.24, 2.45) is 0 Å². The number of carbonyl (C=O) groups is 2. The minimum absolute atomic E-state index is 0.0484. The SMILES string of the molecule is O=C(O)C(O)CCCCCCCCC(=O)N(CCO)CCO. The normalized spacial score (nSPS) is 12.1. The summed E-state index contributed by atoms with van der Waals surface area (Å²) in [5.41, 5.74) is 0. The fourth-order valence-corrected chi connectivity index (χ4v) is 2.21. The molecule has 0 heterocycles. The van der Waals surface area contributed by atoms with E-state index in [1.165, 1.54) is 4.90 Å². The maximum atomic E-state index is 11.8. The molecule has 130 valence electrons. The lowest BCUT2D eigenvalue weighted by molar-refractivity contribution is -0.147. The van der Waals surface area contributed by atoms with Crippen molar-refractivity contribution < 1.29 is 30.0 Å². The zero-order valence-electron chi connectivity index (χ0n) is 13.1. The second-order valence-electron chi connectivity index (χ2n) is 5.34. The summed E-state index contributed by atoms with van der Waals surface area (Å²) in [6.45, 7) is 0.304. The van der Waals surface area contributed by atoms with Gasteiger partial charge < -0.3 is 25.3 Å². The Kier molecular flexibility index (Phi) is 12.8. The summed E-state index contributed by atoms with van der Waals surface area (Å²) in [6, 6.07) is 0. The van der Waals surface area contributed by atoms with Gasteiger partial charge >= 0.3 is 5.97 Å². The number of amides is 1. The molecule has 0 aliphatic carbocycles. The van der Waals surface area contributed by atoms with Crippen molar-refractivity contribution in [3.8, 4) is 0 Å². The Labute approximate surface area is 131 Å². The minimum atomic E-state index is -1.26. The molecule has 0 aliphatic heterocycles. The number of carboxylic acid groups (broad SMARTS) is 1. The molecule has 0 radical (unpaired) electrons. The van der Waals surface area contributed by atoms with Gasteiger partial charge in [0.1, 0.15) is 0 Å². The lowest BCUT2D eigenvalue weighted by Gasteiger charge is -2.20. The summed E-state index contributed by atoms with van der Waals surface area (Å²) in [7, 11) is 0. The first-order valence-electron chi connectivity index (χ1n) is 7.93. The standard InChI is InChI=1S/C15H29NO6/c17-11-9-16(10-12-18)14(20)8-6-4-2-1-3-5-7-13(19)15(21)22/h13,17-19H,1-12H2,(H,21,22). The molecule has 7 heteroatoms. The topological polar surface area (TPSA) is 118 Å². The van der Waals surface area contributed by atoms with E-state index in [-0.39, 0.29) is 38.6 Å². The molecule has 22 heavy (non-hydrogen) atoms. The average molecular weight is 319 g/mol. The highest BCUT2D eigenvalue weighted by Gasteiger charge is 2.12. The van der Waals surface area contributed by atoms with Crippen molar-refractivity contribution in [1.29, 1.82) is 0 Å². The van der Waals surface area contributed by atoms with Crippen molar-refractivity contribution >= 4 is 11.9 Å². The van der Waals surface area contributed by atoms with E-state index in [0.717, 1.165) is 32.1 Å². The molecule has 1 unspecified atom stereocenters. The molecule has 0 fully saturated rings. The molecule has 0 aromatic heterocycles. The van der Waals surface area contributed by atoms with Crippen molar-refractivity contribution in [1.82, 2.24) is 4.90 Å². The van der Waals surface area contributed by atoms with E-state index in [1.807, 2.05) is 0 Å². The Morgan fingerprint density at radius 2 is 1.36 bits per heavy atom.